The van der Waals surface area contributed by atoms with E-state index in [1.807, 2.05) is 0 Å². The Bertz CT molecular complexity index is 988. The lowest BCUT2D eigenvalue weighted by atomic mass is 10.1. The minimum Gasteiger partial charge on any atom is -0.490 e. The molecule has 0 bridgehead atoms. The Hall–Kier alpha value is -3.05. The maximum Gasteiger partial charge on any atom is 0.311 e. The fraction of sp³-hybridized carbons (Fsp3) is 0.294. The third-order valence-corrected chi connectivity index (χ3v) is 6.30. The van der Waals surface area contributed by atoms with Crippen LogP contribution in [-0.4, -0.2) is 66.7 Å². The molecule has 11 heteroatoms. The van der Waals surface area contributed by atoms with Crippen molar-refractivity contribution in [3.8, 4) is 5.75 Å². The number of nitro groups is 1. The third kappa shape index (κ3) is 3.80. The summed E-state index contributed by atoms with van der Waals surface area (Å²) in [5.74, 6) is -0.335. The number of carbonyl (C=O) groups is 1. The number of nitro benzene ring substituents is 1. The summed E-state index contributed by atoms with van der Waals surface area (Å²) >= 11 is 0. The number of aromatic nitrogens is 1. The van der Waals surface area contributed by atoms with Crippen LogP contribution in [0.4, 0.5) is 5.69 Å². The first-order valence-electron chi connectivity index (χ1n) is 8.36. The molecule has 28 heavy (non-hydrogen) atoms. The van der Waals surface area contributed by atoms with E-state index in [1.165, 1.54) is 53.0 Å². The smallest absolute Gasteiger partial charge is 0.311 e. The minimum atomic E-state index is -3.68. The first kappa shape index (κ1) is 19.7. The predicted octanol–water partition coefficient (Wildman–Crippen LogP) is 1.15. The van der Waals surface area contributed by atoms with E-state index in [-0.39, 0.29) is 48.1 Å². The number of hydrogen-bond donors (Lipinski definition) is 0. The summed E-state index contributed by atoms with van der Waals surface area (Å²) in [6.45, 7) is 0.610. The highest BCUT2D eigenvalue weighted by atomic mass is 32.2. The summed E-state index contributed by atoms with van der Waals surface area (Å²) in [5.41, 5.74) is -0.151. The highest BCUT2D eigenvalue weighted by Crippen LogP contribution is 2.28. The van der Waals surface area contributed by atoms with Gasteiger partial charge in [-0.25, -0.2) is 8.42 Å². The average Bonchev–Trinajstić information content (AvgIpc) is 2.73. The molecule has 0 saturated carbocycles. The number of methoxy groups -OCH3 is 1. The zero-order chi connectivity index (χ0) is 20.3. The van der Waals surface area contributed by atoms with Gasteiger partial charge in [0.1, 0.15) is 4.90 Å². The molecule has 0 radical (unpaired) electrons. The van der Waals surface area contributed by atoms with Gasteiger partial charge in [-0.05, 0) is 24.3 Å². The largest absolute Gasteiger partial charge is 0.490 e. The van der Waals surface area contributed by atoms with E-state index in [2.05, 4.69) is 4.98 Å². The van der Waals surface area contributed by atoms with Crippen LogP contribution >= 0.6 is 0 Å². The van der Waals surface area contributed by atoms with Gasteiger partial charge >= 0.3 is 5.69 Å². The molecule has 1 amide bonds. The summed E-state index contributed by atoms with van der Waals surface area (Å²) in [6.07, 6.45) is 2.77. The molecule has 1 aromatic heterocycles. The second kappa shape index (κ2) is 7.90. The number of ether oxygens (including phenoxy) is 1. The van der Waals surface area contributed by atoms with Gasteiger partial charge in [-0.2, -0.15) is 4.31 Å². The Morgan fingerprint density at radius 1 is 1.21 bits per heavy atom. The van der Waals surface area contributed by atoms with Crippen molar-refractivity contribution >= 4 is 21.6 Å². The molecule has 1 aromatic carbocycles. The SMILES string of the molecule is COc1ccc(C(=O)N2CCN(S(=O)(=O)c3cccnc3)CC2)cc1[N+](=O)[O-]. The van der Waals surface area contributed by atoms with E-state index in [9.17, 15) is 23.3 Å². The number of nitrogens with zero attached hydrogens (tertiary/aromatic N) is 4. The van der Waals surface area contributed by atoms with Gasteiger partial charge in [0.2, 0.25) is 10.0 Å². The van der Waals surface area contributed by atoms with Crippen molar-refractivity contribution in [2.75, 3.05) is 33.3 Å². The van der Waals surface area contributed by atoms with Crippen LogP contribution < -0.4 is 4.74 Å². The van der Waals surface area contributed by atoms with Crippen molar-refractivity contribution in [1.82, 2.24) is 14.2 Å². The lowest BCUT2D eigenvalue weighted by molar-refractivity contribution is -0.385. The summed E-state index contributed by atoms with van der Waals surface area (Å²) in [6, 6.07) is 7.00. The molecule has 10 nitrogen and oxygen atoms in total. The maximum atomic E-state index is 12.7. The van der Waals surface area contributed by atoms with Crippen LogP contribution in [0.1, 0.15) is 10.4 Å². The van der Waals surface area contributed by atoms with Crippen molar-refractivity contribution in [2.45, 2.75) is 4.90 Å². The molecular formula is C17H18N4O6S. The lowest BCUT2D eigenvalue weighted by Gasteiger charge is -2.34. The molecule has 0 aliphatic carbocycles. The third-order valence-electron chi connectivity index (χ3n) is 4.42. The molecule has 2 heterocycles. The van der Waals surface area contributed by atoms with E-state index in [0.717, 1.165) is 0 Å². The number of benzene rings is 1. The van der Waals surface area contributed by atoms with Crippen molar-refractivity contribution < 1.29 is 22.9 Å². The molecule has 2 aromatic rings. The van der Waals surface area contributed by atoms with Gasteiger partial charge in [-0.3, -0.25) is 19.9 Å². The van der Waals surface area contributed by atoms with Crippen LogP contribution in [-0.2, 0) is 10.0 Å². The van der Waals surface area contributed by atoms with Crippen LogP contribution in [0.3, 0.4) is 0 Å². The second-order valence-electron chi connectivity index (χ2n) is 6.03. The number of rotatable bonds is 5. The van der Waals surface area contributed by atoms with E-state index in [1.54, 1.807) is 6.07 Å². The summed E-state index contributed by atoms with van der Waals surface area (Å²) in [4.78, 5) is 28.6. The summed E-state index contributed by atoms with van der Waals surface area (Å²) in [5, 5.41) is 11.1. The second-order valence-corrected chi connectivity index (χ2v) is 7.97. The Morgan fingerprint density at radius 3 is 2.50 bits per heavy atom. The molecule has 3 rings (SSSR count). The number of amides is 1. The minimum absolute atomic E-state index is 0.0638. The zero-order valence-electron chi connectivity index (χ0n) is 15.0. The van der Waals surface area contributed by atoms with Gasteiger partial charge in [0.05, 0.1) is 12.0 Å². The molecule has 0 spiro atoms. The van der Waals surface area contributed by atoms with Crippen molar-refractivity contribution in [2.24, 2.45) is 0 Å². The molecule has 148 valence electrons. The van der Waals surface area contributed by atoms with Crippen LogP contribution in [0.25, 0.3) is 0 Å². The molecule has 0 atom stereocenters. The van der Waals surface area contributed by atoms with Crippen LogP contribution in [0, 0.1) is 10.1 Å². The maximum absolute atomic E-state index is 12.7. The van der Waals surface area contributed by atoms with E-state index in [0.29, 0.717) is 0 Å². The normalized spacial score (nSPS) is 15.2. The van der Waals surface area contributed by atoms with Gasteiger partial charge in [-0.1, -0.05) is 0 Å². The Labute approximate surface area is 161 Å². The highest BCUT2D eigenvalue weighted by Gasteiger charge is 2.31. The monoisotopic (exact) mass is 406 g/mol. The Kier molecular flexibility index (Phi) is 5.56. The summed E-state index contributed by atoms with van der Waals surface area (Å²) in [7, 11) is -2.36. The fourth-order valence-corrected chi connectivity index (χ4v) is 4.32. The number of hydrogen-bond acceptors (Lipinski definition) is 7. The molecular weight excluding hydrogens is 388 g/mol. The lowest BCUT2D eigenvalue weighted by Crippen LogP contribution is -2.50. The summed E-state index contributed by atoms with van der Waals surface area (Å²) < 4.78 is 31.5. The number of pyridine rings is 1. The quantitative estimate of drug-likeness (QED) is 0.539. The van der Waals surface area contributed by atoms with Crippen molar-refractivity contribution in [3.05, 3.63) is 58.4 Å². The van der Waals surface area contributed by atoms with E-state index >= 15 is 0 Å². The first-order valence-corrected chi connectivity index (χ1v) is 9.80. The molecule has 1 aliphatic rings. The van der Waals surface area contributed by atoms with Crippen LogP contribution in [0.15, 0.2) is 47.6 Å². The van der Waals surface area contributed by atoms with Gasteiger partial charge in [-0.15, -0.1) is 0 Å². The molecule has 0 N–H and O–H groups in total. The fourth-order valence-electron chi connectivity index (χ4n) is 2.93. The number of carbonyl (C=O) groups excluding carboxylic acids is 1. The standard InChI is InChI=1S/C17H18N4O6S/c1-27-16-5-4-13(11-15(16)21(23)24)17(22)19-7-9-20(10-8-19)28(25,26)14-3-2-6-18-12-14/h2-6,11-12H,7-10H2,1H3. The highest BCUT2D eigenvalue weighted by molar-refractivity contribution is 7.89. The first-order chi connectivity index (χ1) is 13.3. The number of sulfonamides is 1. The van der Waals surface area contributed by atoms with Gasteiger partial charge < -0.3 is 9.64 Å². The van der Waals surface area contributed by atoms with E-state index in [4.69, 9.17) is 4.74 Å². The topological polar surface area (TPSA) is 123 Å². The predicted molar refractivity (Wildman–Crippen MR) is 98.5 cm³/mol. The van der Waals surface area contributed by atoms with Gasteiger partial charge in [0.25, 0.3) is 5.91 Å². The zero-order valence-corrected chi connectivity index (χ0v) is 15.8. The molecule has 1 aliphatic heterocycles. The Morgan fingerprint density at radius 2 is 1.93 bits per heavy atom. The average molecular weight is 406 g/mol. The molecule has 0 unspecified atom stereocenters. The molecule has 1 saturated heterocycles. The Balaban J connectivity index is 1.72. The van der Waals surface area contributed by atoms with E-state index < -0.39 is 20.9 Å². The van der Waals surface area contributed by atoms with Crippen LogP contribution in [0.5, 0.6) is 5.75 Å². The van der Waals surface area contributed by atoms with Crippen molar-refractivity contribution in [1.29, 1.82) is 0 Å². The molecule has 1 fully saturated rings. The van der Waals surface area contributed by atoms with Gasteiger partial charge in [0, 0.05) is 50.2 Å². The number of piperazine rings is 1. The van der Waals surface area contributed by atoms with Crippen LogP contribution in [0.2, 0.25) is 0 Å². The van der Waals surface area contributed by atoms with Gasteiger partial charge in [0.15, 0.2) is 5.75 Å². The van der Waals surface area contributed by atoms with Crippen molar-refractivity contribution in [3.63, 3.8) is 0 Å².